The first-order chi connectivity index (χ1) is 14.5. The van der Waals surface area contributed by atoms with Gasteiger partial charge in [0.05, 0.1) is 21.2 Å². The lowest BCUT2D eigenvalue weighted by Crippen LogP contribution is -2.13. The molecule has 2 N–H and O–H groups in total. The molecule has 0 spiro atoms. The number of carbonyl (C=O) groups excluding carboxylic acids is 1. The maximum atomic E-state index is 12.6. The number of nitrogens with zero attached hydrogens (tertiary/aromatic N) is 4. The van der Waals surface area contributed by atoms with Gasteiger partial charge >= 0.3 is 0 Å². The van der Waals surface area contributed by atoms with Crippen LogP contribution in [0.25, 0.3) is 27.1 Å². The first-order valence-electron chi connectivity index (χ1n) is 8.67. The van der Waals surface area contributed by atoms with Crippen LogP contribution in [0.4, 0.5) is 11.6 Å². The Morgan fingerprint density at radius 2 is 2.03 bits per heavy atom. The standard InChI is InChI=1S/C19H11ClN6O3S/c20-13-3-1-2-11-8-14(21-16(11)13)17(27)22-18-23-19-25(24-18)15(9-30-19)10-4-6-12(7-5-10)26(28)29/h1-9,21H,(H,22,24,27). The van der Waals surface area contributed by atoms with Gasteiger partial charge < -0.3 is 4.98 Å². The molecule has 3 aromatic heterocycles. The summed E-state index contributed by atoms with van der Waals surface area (Å²) in [6.07, 6.45) is 0. The largest absolute Gasteiger partial charge is 0.349 e. The minimum atomic E-state index is -0.451. The van der Waals surface area contributed by atoms with Crippen LogP contribution in [0.5, 0.6) is 0 Å². The van der Waals surface area contributed by atoms with E-state index >= 15 is 0 Å². The molecule has 0 radical (unpaired) electrons. The fraction of sp³-hybridized carbons (Fsp3) is 0. The number of nitrogens with one attached hydrogen (secondary N) is 2. The second-order valence-electron chi connectivity index (χ2n) is 6.40. The highest BCUT2D eigenvalue weighted by Crippen LogP contribution is 2.28. The number of nitro groups is 1. The van der Waals surface area contributed by atoms with Gasteiger partial charge in [0.25, 0.3) is 17.5 Å². The summed E-state index contributed by atoms with van der Waals surface area (Å²) in [5.74, 6) is -0.239. The minimum absolute atomic E-state index is 0.00945. The summed E-state index contributed by atoms with van der Waals surface area (Å²) in [5, 5.41) is 21.1. The molecule has 148 valence electrons. The SMILES string of the molecule is O=C(Nc1nc2scc(-c3ccc([N+](=O)[O-])cc3)n2n1)c1cc2cccc(Cl)c2[nH]1. The lowest BCUT2D eigenvalue weighted by atomic mass is 10.1. The number of hydrogen-bond acceptors (Lipinski definition) is 6. The van der Waals surface area contributed by atoms with Crippen LogP contribution in [0.2, 0.25) is 5.02 Å². The van der Waals surface area contributed by atoms with Crippen molar-refractivity contribution in [3.63, 3.8) is 0 Å². The van der Waals surface area contributed by atoms with Gasteiger partial charge in [-0.25, -0.2) is 4.52 Å². The number of rotatable bonds is 4. The number of fused-ring (bicyclic) bond motifs is 2. The van der Waals surface area contributed by atoms with Crippen molar-refractivity contribution in [3.8, 4) is 11.3 Å². The summed E-state index contributed by atoms with van der Waals surface area (Å²) in [5.41, 5.74) is 2.50. The van der Waals surface area contributed by atoms with Crippen molar-refractivity contribution < 1.29 is 9.72 Å². The van der Waals surface area contributed by atoms with Crippen molar-refractivity contribution in [3.05, 3.63) is 74.7 Å². The third-order valence-corrected chi connectivity index (χ3v) is 5.66. The molecule has 0 unspecified atom stereocenters. The van der Waals surface area contributed by atoms with Gasteiger partial charge in [0.1, 0.15) is 5.69 Å². The average Bonchev–Trinajstić information content (AvgIpc) is 3.42. The Labute approximate surface area is 177 Å². The van der Waals surface area contributed by atoms with Crippen LogP contribution in [0, 0.1) is 10.1 Å². The van der Waals surface area contributed by atoms with Crippen molar-refractivity contribution in [2.75, 3.05) is 5.32 Å². The molecule has 30 heavy (non-hydrogen) atoms. The van der Waals surface area contributed by atoms with Gasteiger partial charge in [-0.05, 0) is 24.3 Å². The van der Waals surface area contributed by atoms with Crippen LogP contribution >= 0.6 is 22.9 Å². The molecule has 5 rings (SSSR count). The monoisotopic (exact) mass is 438 g/mol. The van der Waals surface area contributed by atoms with Crippen LogP contribution < -0.4 is 5.32 Å². The number of aromatic amines is 1. The number of hydrogen-bond donors (Lipinski definition) is 2. The lowest BCUT2D eigenvalue weighted by Gasteiger charge is -1.99. The number of halogens is 1. The summed E-state index contributed by atoms with van der Waals surface area (Å²) < 4.78 is 1.59. The zero-order chi connectivity index (χ0) is 20.8. The molecule has 0 bridgehead atoms. The van der Waals surface area contributed by atoms with Crippen molar-refractivity contribution in [2.45, 2.75) is 0 Å². The topological polar surface area (TPSA) is 118 Å². The number of thiazole rings is 1. The fourth-order valence-corrected chi connectivity index (χ4v) is 4.16. The Bertz CT molecular complexity index is 1440. The highest BCUT2D eigenvalue weighted by molar-refractivity contribution is 7.15. The molecule has 1 amide bonds. The van der Waals surface area contributed by atoms with Gasteiger partial charge in [0.15, 0.2) is 0 Å². The van der Waals surface area contributed by atoms with Crippen molar-refractivity contribution in [1.29, 1.82) is 0 Å². The lowest BCUT2D eigenvalue weighted by molar-refractivity contribution is -0.384. The summed E-state index contributed by atoms with van der Waals surface area (Å²) in [7, 11) is 0. The van der Waals surface area contributed by atoms with E-state index in [4.69, 9.17) is 11.6 Å². The molecule has 0 saturated carbocycles. The third kappa shape index (κ3) is 3.08. The van der Waals surface area contributed by atoms with Crippen molar-refractivity contribution >= 4 is 56.3 Å². The molecule has 3 heterocycles. The van der Waals surface area contributed by atoms with Crippen molar-refractivity contribution in [1.82, 2.24) is 19.6 Å². The molecule has 0 atom stereocenters. The van der Waals surface area contributed by atoms with Crippen LogP contribution in [0.15, 0.2) is 53.9 Å². The number of benzene rings is 2. The molecule has 0 aliphatic heterocycles. The highest BCUT2D eigenvalue weighted by Gasteiger charge is 2.16. The van der Waals surface area contributed by atoms with Crippen LogP contribution in [-0.2, 0) is 0 Å². The van der Waals surface area contributed by atoms with E-state index in [0.717, 1.165) is 16.6 Å². The van der Waals surface area contributed by atoms with E-state index in [1.165, 1.54) is 23.5 Å². The van der Waals surface area contributed by atoms with Gasteiger partial charge in [-0.3, -0.25) is 20.2 Å². The van der Waals surface area contributed by atoms with Gasteiger partial charge in [-0.2, -0.15) is 4.98 Å². The predicted molar refractivity (Wildman–Crippen MR) is 114 cm³/mol. The van der Waals surface area contributed by atoms with Gasteiger partial charge in [-0.15, -0.1) is 16.4 Å². The zero-order valence-electron chi connectivity index (χ0n) is 15.0. The molecule has 0 fully saturated rings. The van der Waals surface area contributed by atoms with Gasteiger partial charge in [0.2, 0.25) is 4.96 Å². The second-order valence-corrected chi connectivity index (χ2v) is 7.64. The Hall–Kier alpha value is -3.76. The summed E-state index contributed by atoms with van der Waals surface area (Å²) in [4.78, 5) is 30.9. The number of nitro benzene ring substituents is 1. The maximum Gasteiger partial charge on any atom is 0.274 e. The minimum Gasteiger partial charge on any atom is -0.349 e. The fourth-order valence-electron chi connectivity index (χ4n) is 3.10. The quantitative estimate of drug-likeness (QED) is 0.310. The molecule has 9 nitrogen and oxygen atoms in total. The Morgan fingerprint density at radius 3 is 2.77 bits per heavy atom. The van der Waals surface area contributed by atoms with Crippen molar-refractivity contribution in [2.24, 2.45) is 0 Å². The molecule has 2 aromatic carbocycles. The Balaban J connectivity index is 1.43. The Morgan fingerprint density at radius 1 is 1.23 bits per heavy atom. The molecule has 11 heteroatoms. The summed E-state index contributed by atoms with van der Waals surface area (Å²) >= 11 is 7.50. The zero-order valence-corrected chi connectivity index (χ0v) is 16.6. The summed E-state index contributed by atoms with van der Waals surface area (Å²) in [6.45, 7) is 0. The molecular formula is C19H11ClN6O3S. The van der Waals surface area contributed by atoms with E-state index < -0.39 is 10.8 Å². The van der Waals surface area contributed by atoms with Crippen LogP contribution in [0.3, 0.4) is 0 Å². The number of para-hydroxylation sites is 1. The first kappa shape index (κ1) is 18.3. The predicted octanol–water partition coefficient (Wildman–Crippen LogP) is 4.75. The normalized spacial score (nSPS) is 11.2. The van der Waals surface area contributed by atoms with Gasteiger partial charge in [-0.1, -0.05) is 23.7 Å². The second kappa shape index (κ2) is 6.94. The maximum absolute atomic E-state index is 12.6. The molecule has 0 aliphatic carbocycles. The van der Waals surface area contributed by atoms with E-state index in [2.05, 4.69) is 20.4 Å². The highest BCUT2D eigenvalue weighted by atomic mass is 35.5. The number of aromatic nitrogens is 4. The van der Waals surface area contributed by atoms with E-state index in [0.29, 0.717) is 21.2 Å². The smallest absolute Gasteiger partial charge is 0.274 e. The van der Waals surface area contributed by atoms with Gasteiger partial charge in [0, 0.05) is 28.5 Å². The van der Waals surface area contributed by atoms with E-state index in [-0.39, 0.29) is 11.6 Å². The number of non-ortho nitro benzene ring substituents is 1. The first-order valence-corrected chi connectivity index (χ1v) is 9.93. The van der Waals surface area contributed by atoms with E-state index in [9.17, 15) is 14.9 Å². The van der Waals surface area contributed by atoms with Crippen LogP contribution in [0.1, 0.15) is 10.5 Å². The molecule has 0 saturated heterocycles. The average molecular weight is 439 g/mol. The number of H-pyrrole nitrogens is 1. The number of anilines is 1. The Kier molecular flexibility index (Phi) is 4.23. The number of carbonyl (C=O) groups is 1. The summed E-state index contributed by atoms with van der Waals surface area (Å²) in [6, 6.07) is 13.3. The molecule has 0 aliphatic rings. The number of amides is 1. The van der Waals surface area contributed by atoms with E-state index in [1.807, 2.05) is 17.5 Å². The molecule has 5 aromatic rings. The molecular weight excluding hydrogens is 428 g/mol. The third-order valence-electron chi connectivity index (χ3n) is 4.53. The van der Waals surface area contributed by atoms with E-state index in [1.54, 1.807) is 28.8 Å². The van der Waals surface area contributed by atoms with Crippen LogP contribution in [-0.4, -0.2) is 30.4 Å².